The van der Waals surface area contributed by atoms with Crippen LogP contribution in [0.25, 0.3) is 0 Å². The lowest BCUT2D eigenvalue weighted by Crippen LogP contribution is -2.09. The van der Waals surface area contributed by atoms with Gasteiger partial charge in [0.05, 0.1) is 0 Å². The van der Waals surface area contributed by atoms with Gasteiger partial charge in [0.2, 0.25) is 0 Å². The zero-order chi connectivity index (χ0) is 7.68. The number of halogens is 1. The highest BCUT2D eigenvalue weighted by atomic mass is 19.1. The van der Waals surface area contributed by atoms with E-state index in [4.69, 9.17) is 0 Å². The first-order valence-corrected chi connectivity index (χ1v) is 3.95. The van der Waals surface area contributed by atoms with Gasteiger partial charge >= 0.3 is 0 Å². The molecule has 1 fully saturated rings. The molecule has 1 aliphatic carbocycles. The van der Waals surface area contributed by atoms with Crippen molar-refractivity contribution in [3.8, 4) is 0 Å². The molecule has 0 aromatic heterocycles. The Labute approximate surface area is 66.1 Å². The second-order valence-electron chi connectivity index (χ2n) is 2.97. The molecule has 11 heavy (non-hydrogen) atoms. The highest BCUT2D eigenvalue weighted by molar-refractivity contribution is 5.25. The van der Waals surface area contributed by atoms with E-state index in [1.165, 1.54) is 18.9 Å². The Morgan fingerprint density at radius 1 is 1.36 bits per heavy atom. The molecule has 0 heterocycles. The summed E-state index contributed by atoms with van der Waals surface area (Å²) < 4.78 is 12.7. The smallest absolute Gasteiger partial charge is 0.123 e. The average Bonchev–Trinajstić information content (AvgIpc) is 1.83. The predicted octanol–water partition coefficient (Wildman–Crippen LogP) is 2.91. The lowest BCUT2D eigenvalue weighted by Gasteiger charge is -2.25. The summed E-state index contributed by atoms with van der Waals surface area (Å²) in [4.78, 5) is 0. The van der Waals surface area contributed by atoms with Crippen LogP contribution in [0.15, 0.2) is 24.3 Å². The maximum absolute atomic E-state index is 12.7. The summed E-state index contributed by atoms with van der Waals surface area (Å²) in [7, 11) is 0. The molecule has 2 rings (SSSR count). The minimum atomic E-state index is -0.122. The summed E-state index contributed by atoms with van der Waals surface area (Å²) >= 11 is 0. The van der Waals surface area contributed by atoms with Crippen LogP contribution in [0.3, 0.4) is 0 Å². The Bertz CT molecular complexity index is 251. The fraction of sp³-hybridized carbons (Fsp3) is 0.300. The van der Waals surface area contributed by atoms with Gasteiger partial charge in [0, 0.05) is 0 Å². The monoisotopic (exact) mass is 149 g/mol. The Morgan fingerprint density at radius 2 is 2.18 bits per heavy atom. The van der Waals surface area contributed by atoms with E-state index < -0.39 is 0 Å². The van der Waals surface area contributed by atoms with Gasteiger partial charge in [-0.15, -0.1) is 0 Å². The number of benzene rings is 1. The van der Waals surface area contributed by atoms with E-state index >= 15 is 0 Å². The van der Waals surface area contributed by atoms with Crippen LogP contribution in [-0.2, 0) is 0 Å². The molecule has 0 saturated heterocycles. The molecule has 57 valence electrons. The van der Waals surface area contributed by atoms with Gasteiger partial charge in [0.25, 0.3) is 0 Å². The van der Waals surface area contributed by atoms with Crippen LogP contribution in [0.5, 0.6) is 0 Å². The van der Waals surface area contributed by atoms with E-state index in [0.29, 0.717) is 5.92 Å². The predicted molar refractivity (Wildman–Crippen MR) is 42.7 cm³/mol. The molecule has 0 bridgehead atoms. The topological polar surface area (TPSA) is 0 Å². The van der Waals surface area contributed by atoms with Crippen molar-refractivity contribution in [1.82, 2.24) is 0 Å². The van der Waals surface area contributed by atoms with Gasteiger partial charge in [-0.3, -0.25) is 0 Å². The largest absolute Gasteiger partial charge is 0.207 e. The van der Waals surface area contributed by atoms with E-state index in [1.54, 1.807) is 12.1 Å². The second-order valence-corrected chi connectivity index (χ2v) is 2.97. The van der Waals surface area contributed by atoms with Gasteiger partial charge in [-0.2, -0.15) is 0 Å². The summed E-state index contributed by atoms with van der Waals surface area (Å²) in [6.07, 6.45) is 4.60. The van der Waals surface area contributed by atoms with Gasteiger partial charge in [0.15, 0.2) is 0 Å². The molecule has 1 saturated carbocycles. The van der Waals surface area contributed by atoms with Gasteiger partial charge in [-0.1, -0.05) is 12.1 Å². The summed E-state index contributed by atoms with van der Waals surface area (Å²) in [6.45, 7) is 0. The normalized spacial score (nSPS) is 17.9. The van der Waals surface area contributed by atoms with E-state index in [-0.39, 0.29) is 5.82 Å². The number of rotatable bonds is 1. The fourth-order valence-corrected chi connectivity index (χ4v) is 1.37. The highest BCUT2D eigenvalue weighted by Gasteiger charge is 2.19. The van der Waals surface area contributed by atoms with E-state index in [1.807, 2.05) is 6.07 Å². The molecule has 0 spiro atoms. The first kappa shape index (κ1) is 6.84. The first-order valence-electron chi connectivity index (χ1n) is 3.95. The van der Waals surface area contributed by atoms with E-state index in [9.17, 15) is 4.39 Å². The van der Waals surface area contributed by atoms with Gasteiger partial charge in [-0.05, 0) is 42.9 Å². The zero-order valence-electron chi connectivity index (χ0n) is 6.26. The van der Waals surface area contributed by atoms with Crippen LogP contribution in [-0.4, -0.2) is 0 Å². The summed E-state index contributed by atoms with van der Waals surface area (Å²) in [5, 5.41) is 0. The molecular formula is C10H10F. The van der Waals surface area contributed by atoms with Gasteiger partial charge in [0.1, 0.15) is 5.82 Å². The van der Waals surface area contributed by atoms with Crippen molar-refractivity contribution in [2.75, 3.05) is 0 Å². The van der Waals surface area contributed by atoms with Crippen molar-refractivity contribution >= 4 is 0 Å². The Kier molecular flexibility index (Phi) is 1.65. The third-order valence-electron chi connectivity index (χ3n) is 2.21. The second kappa shape index (κ2) is 2.65. The molecule has 0 nitrogen and oxygen atoms in total. The first-order chi connectivity index (χ1) is 5.36. The average molecular weight is 149 g/mol. The van der Waals surface area contributed by atoms with Crippen LogP contribution in [0.4, 0.5) is 4.39 Å². The standard InChI is InChI=1S/C10H10F/c11-10-6-2-5-9(7-10)8-3-1-4-8/h2-3,5-8H,1,4H2. The highest BCUT2D eigenvalue weighted by Crippen LogP contribution is 2.35. The van der Waals surface area contributed by atoms with Crippen molar-refractivity contribution in [3.63, 3.8) is 0 Å². The lowest BCUT2D eigenvalue weighted by molar-refractivity contribution is 0.546. The van der Waals surface area contributed by atoms with E-state index in [0.717, 1.165) is 5.56 Å². The molecule has 1 unspecified atom stereocenters. The number of hydrogen-bond acceptors (Lipinski definition) is 0. The van der Waals surface area contributed by atoms with Crippen LogP contribution in [0.2, 0.25) is 0 Å². The van der Waals surface area contributed by atoms with Crippen LogP contribution in [0.1, 0.15) is 24.3 Å². The SMILES string of the molecule is Fc1cccc(C2[CH]CC2)c1. The molecule has 0 N–H and O–H groups in total. The van der Waals surface area contributed by atoms with Gasteiger partial charge < -0.3 is 0 Å². The summed E-state index contributed by atoms with van der Waals surface area (Å²) in [5.41, 5.74) is 1.12. The Balaban J connectivity index is 2.23. The Morgan fingerprint density at radius 3 is 2.73 bits per heavy atom. The van der Waals surface area contributed by atoms with Crippen molar-refractivity contribution in [1.29, 1.82) is 0 Å². The van der Waals surface area contributed by atoms with Crippen molar-refractivity contribution < 1.29 is 4.39 Å². The molecule has 1 aromatic carbocycles. The molecular weight excluding hydrogens is 139 g/mol. The van der Waals surface area contributed by atoms with E-state index in [2.05, 4.69) is 6.42 Å². The molecule has 1 aliphatic rings. The molecule has 0 amide bonds. The van der Waals surface area contributed by atoms with Crippen LogP contribution >= 0.6 is 0 Å². The van der Waals surface area contributed by atoms with Crippen molar-refractivity contribution in [3.05, 3.63) is 42.1 Å². The Hall–Kier alpha value is -0.850. The third-order valence-corrected chi connectivity index (χ3v) is 2.21. The number of hydrogen-bond donors (Lipinski definition) is 0. The minimum Gasteiger partial charge on any atom is -0.207 e. The molecule has 0 aliphatic heterocycles. The summed E-state index contributed by atoms with van der Waals surface area (Å²) in [6, 6.07) is 6.88. The fourth-order valence-electron chi connectivity index (χ4n) is 1.37. The zero-order valence-corrected chi connectivity index (χ0v) is 6.26. The molecule has 1 aromatic rings. The van der Waals surface area contributed by atoms with Crippen molar-refractivity contribution in [2.45, 2.75) is 18.8 Å². The van der Waals surface area contributed by atoms with Crippen molar-refractivity contribution in [2.24, 2.45) is 0 Å². The van der Waals surface area contributed by atoms with Gasteiger partial charge in [-0.25, -0.2) is 4.39 Å². The minimum absolute atomic E-state index is 0.122. The van der Waals surface area contributed by atoms with Crippen LogP contribution in [0, 0.1) is 12.2 Å². The summed E-state index contributed by atoms with van der Waals surface area (Å²) in [5.74, 6) is 0.397. The molecule has 1 radical (unpaired) electrons. The third kappa shape index (κ3) is 1.28. The molecule has 1 heteroatoms. The van der Waals surface area contributed by atoms with Crippen LogP contribution < -0.4 is 0 Å². The molecule has 1 atom stereocenters. The lowest BCUT2D eigenvalue weighted by atomic mass is 9.80. The maximum atomic E-state index is 12.7. The quantitative estimate of drug-likeness (QED) is 0.576. The maximum Gasteiger partial charge on any atom is 0.123 e.